The number of ether oxygens (including phenoxy) is 1. The molecule has 2 aromatic carbocycles. The number of carbonyl (C=O) groups excluding carboxylic acids is 1. The lowest BCUT2D eigenvalue weighted by molar-refractivity contribution is 0.0942. The summed E-state index contributed by atoms with van der Waals surface area (Å²) in [6.07, 6.45) is 0. The molecular weight excluding hydrogens is 347 g/mol. The van der Waals surface area contributed by atoms with E-state index in [1.807, 2.05) is 43.3 Å². The molecule has 0 saturated carbocycles. The number of benzene rings is 2. The van der Waals surface area contributed by atoms with Gasteiger partial charge in [-0.25, -0.2) is 0 Å². The molecule has 1 atom stereocenters. The molecule has 6 heteroatoms. The Hall–Kier alpha value is -1.75. The lowest BCUT2D eigenvalue weighted by atomic mass is 10.1. The van der Waals surface area contributed by atoms with Gasteiger partial charge < -0.3 is 15.0 Å². The molecule has 0 heterocycles. The van der Waals surface area contributed by atoms with Gasteiger partial charge in [0.25, 0.3) is 5.91 Å². The zero-order valence-corrected chi connectivity index (χ0v) is 15.4. The van der Waals surface area contributed by atoms with Crippen molar-refractivity contribution >= 4 is 29.1 Å². The van der Waals surface area contributed by atoms with Crippen molar-refractivity contribution in [1.82, 2.24) is 10.2 Å². The van der Waals surface area contributed by atoms with Crippen molar-refractivity contribution in [2.75, 3.05) is 27.7 Å². The van der Waals surface area contributed by atoms with E-state index < -0.39 is 0 Å². The Bertz CT molecular complexity index is 703. The molecule has 0 aliphatic carbocycles. The highest BCUT2D eigenvalue weighted by Crippen LogP contribution is 2.26. The Morgan fingerprint density at radius 3 is 2.42 bits per heavy atom. The van der Waals surface area contributed by atoms with Gasteiger partial charge in [-0.2, -0.15) is 0 Å². The van der Waals surface area contributed by atoms with E-state index in [0.717, 1.165) is 11.3 Å². The molecule has 1 unspecified atom stereocenters. The first-order valence-electron chi connectivity index (χ1n) is 7.46. The molecule has 1 amide bonds. The molecule has 0 aliphatic heterocycles. The van der Waals surface area contributed by atoms with Crippen molar-refractivity contribution in [3.63, 3.8) is 0 Å². The Morgan fingerprint density at radius 1 is 1.17 bits per heavy atom. The molecule has 0 bridgehead atoms. The normalized spacial score (nSPS) is 12.1. The molecule has 0 spiro atoms. The fourth-order valence-corrected chi connectivity index (χ4v) is 2.77. The van der Waals surface area contributed by atoms with E-state index in [4.69, 9.17) is 27.9 Å². The van der Waals surface area contributed by atoms with Crippen LogP contribution in [0.25, 0.3) is 0 Å². The number of nitrogens with zero attached hydrogens (tertiary/aromatic N) is 1. The van der Waals surface area contributed by atoms with E-state index in [1.165, 1.54) is 0 Å². The lowest BCUT2D eigenvalue weighted by Crippen LogP contribution is -2.34. The summed E-state index contributed by atoms with van der Waals surface area (Å²) in [6.45, 7) is 0.445. The van der Waals surface area contributed by atoms with Gasteiger partial charge in [0, 0.05) is 6.54 Å². The van der Waals surface area contributed by atoms with Gasteiger partial charge >= 0.3 is 0 Å². The minimum absolute atomic E-state index is 0.0258. The molecular formula is C18H20Cl2N2O2. The minimum atomic E-state index is -0.247. The molecule has 4 nitrogen and oxygen atoms in total. The molecule has 24 heavy (non-hydrogen) atoms. The maximum absolute atomic E-state index is 12.4. The van der Waals surface area contributed by atoms with E-state index in [2.05, 4.69) is 5.32 Å². The van der Waals surface area contributed by atoms with Gasteiger partial charge in [-0.1, -0.05) is 41.4 Å². The van der Waals surface area contributed by atoms with Crippen LogP contribution in [-0.2, 0) is 0 Å². The standard InChI is InChI=1S/C18H20Cl2N2O2/c1-22(2)16(12-7-9-13(24-3)10-8-12)11-21-18(23)14-5-4-6-15(19)17(14)20/h4-10,16H,11H2,1-3H3,(H,21,23). The van der Waals surface area contributed by atoms with Crippen LogP contribution in [0.15, 0.2) is 42.5 Å². The number of likely N-dealkylation sites (N-methyl/N-ethyl adjacent to an activating group) is 1. The van der Waals surface area contributed by atoms with Crippen LogP contribution in [0.2, 0.25) is 10.0 Å². The Kier molecular flexibility index (Phi) is 6.49. The number of methoxy groups -OCH3 is 1. The molecule has 0 aliphatic rings. The van der Waals surface area contributed by atoms with Crippen molar-refractivity contribution in [2.24, 2.45) is 0 Å². The van der Waals surface area contributed by atoms with Crippen LogP contribution in [-0.4, -0.2) is 38.6 Å². The predicted molar refractivity (Wildman–Crippen MR) is 98.2 cm³/mol. The Morgan fingerprint density at radius 2 is 1.83 bits per heavy atom. The highest BCUT2D eigenvalue weighted by Gasteiger charge is 2.18. The van der Waals surface area contributed by atoms with Gasteiger partial charge in [-0.3, -0.25) is 4.79 Å². The molecule has 0 fully saturated rings. The summed E-state index contributed by atoms with van der Waals surface area (Å²) in [7, 11) is 5.56. The highest BCUT2D eigenvalue weighted by molar-refractivity contribution is 6.43. The van der Waals surface area contributed by atoms with E-state index in [9.17, 15) is 4.79 Å². The summed E-state index contributed by atoms with van der Waals surface area (Å²) < 4.78 is 5.18. The summed E-state index contributed by atoms with van der Waals surface area (Å²) >= 11 is 12.1. The third-order valence-electron chi connectivity index (χ3n) is 3.78. The van der Waals surface area contributed by atoms with Gasteiger partial charge in [0.05, 0.1) is 28.8 Å². The molecule has 0 aromatic heterocycles. The second-order valence-corrected chi connectivity index (χ2v) is 6.35. The highest BCUT2D eigenvalue weighted by atomic mass is 35.5. The van der Waals surface area contributed by atoms with Crippen LogP contribution in [0, 0.1) is 0 Å². The van der Waals surface area contributed by atoms with E-state index in [-0.39, 0.29) is 17.0 Å². The van der Waals surface area contributed by atoms with Crippen molar-refractivity contribution < 1.29 is 9.53 Å². The van der Waals surface area contributed by atoms with Gasteiger partial charge in [-0.05, 0) is 43.9 Å². The number of amides is 1. The topological polar surface area (TPSA) is 41.6 Å². The SMILES string of the molecule is COc1ccc(C(CNC(=O)c2cccc(Cl)c2Cl)N(C)C)cc1. The van der Waals surface area contributed by atoms with Crippen LogP contribution >= 0.6 is 23.2 Å². The first-order valence-corrected chi connectivity index (χ1v) is 8.22. The quantitative estimate of drug-likeness (QED) is 0.838. The smallest absolute Gasteiger partial charge is 0.252 e. The van der Waals surface area contributed by atoms with Crippen LogP contribution in [0.1, 0.15) is 22.0 Å². The van der Waals surface area contributed by atoms with Gasteiger partial charge in [-0.15, -0.1) is 0 Å². The Labute approximate surface area is 152 Å². The monoisotopic (exact) mass is 366 g/mol. The molecule has 2 aromatic rings. The van der Waals surface area contributed by atoms with Crippen molar-refractivity contribution in [3.05, 3.63) is 63.6 Å². The average Bonchev–Trinajstić information content (AvgIpc) is 2.57. The third-order valence-corrected chi connectivity index (χ3v) is 4.60. The average molecular weight is 367 g/mol. The van der Waals surface area contributed by atoms with E-state index in [1.54, 1.807) is 25.3 Å². The van der Waals surface area contributed by atoms with Crippen molar-refractivity contribution in [3.8, 4) is 5.75 Å². The molecule has 0 radical (unpaired) electrons. The minimum Gasteiger partial charge on any atom is -0.497 e. The summed E-state index contributed by atoms with van der Waals surface area (Å²) in [6, 6.07) is 12.8. The van der Waals surface area contributed by atoms with Gasteiger partial charge in [0.1, 0.15) is 5.75 Å². The van der Waals surface area contributed by atoms with Crippen LogP contribution < -0.4 is 10.1 Å². The predicted octanol–water partition coefficient (Wildman–Crippen LogP) is 4.03. The van der Waals surface area contributed by atoms with Crippen molar-refractivity contribution in [1.29, 1.82) is 0 Å². The second-order valence-electron chi connectivity index (χ2n) is 5.56. The molecule has 128 valence electrons. The summed E-state index contributed by atoms with van der Waals surface area (Å²) in [4.78, 5) is 14.4. The first kappa shape index (κ1) is 18.6. The Balaban J connectivity index is 2.11. The number of hydrogen-bond donors (Lipinski definition) is 1. The molecule has 1 N–H and O–H groups in total. The summed E-state index contributed by atoms with van der Waals surface area (Å²) in [5, 5.41) is 3.55. The first-order chi connectivity index (χ1) is 11.4. The number of hydrogen-bond acceptors (Lipinski definition) is 3. The molecule has 0 saturated heterocycles. The number of nitrogens with one attached hydrogen (secondary N) is 1. The fourth-order valence-electron chi connectivity index (χ4n) is 2.39. The van der Waals surface area contributed by atoms with Crippen LogP contribution in [0.4, 0.5) is 0 Å². The van der Waals surface area contributed by atoms with Crippen LogP contribution in [0.5, 0.6) is 5.75 Å². The zero-order valence-electron chi connectivity index (χ0n) is 13.8. The van der Waals surface area contributed by atoms with E-state index >= 15 is 0 Å². The van der Waals surface area contributed by atoms with Crippen molar-refractivity contribution in [2.45, 2.75) is 6.04 Å². The largest absolute Gasteiger partial charge is 0.497 e. The molecule has 2 rings (SSSR count). The maximum Gasteiger partial charge on any atom is 0.252 e. The number of rotatable bonds is 6. The maximum atomic E-state index is 12.4. The lowest BCUT2D eigenvalue weighted by Gasteiger charge is -2.25. The third kappa shape index (κ3) is 4.41. The van der Waals surface area contributed by atoms with E-state index in [0.29, 0.717) is 17.1 Å². The second kappa shape index (κ2) is 8.38. The number of halogens is 2. The van der Waals surface area contributed by atoms with Crippen LogP contribution in [0.3, 0.4) is 0 Å². The van der Waals surface area contributed by atoms with Gasteiger partial charge in [0.2, 0.25) is 0 Å². The number of carbonyl (C=O) groups is 1. The fraction of sp³-hybridized carbons (Fsp3) is 0.278. The summed E-state index contributed by atoms with van der Waals surface area (Å²) in [5.41, 5.74) is 1.45. The summed E-state index contributed by atoms with van der Waals surface area (Å²) in [5.74, 6) is 0.550. The zero-order chi connectivity index (χ0) is 17.7. The van der Waals surface area contributed by atoms with Gasteiger partial charge in [0.15, 0.2) is 0 Å².